The number of amides is 2. The molecule has 4 N–H and O–H groups in total. The van der Waals surface area contributed by atoms with Crippen LogP contribution in [0.5, 0.6) is 0 Å². The van der Waals surface area contributed by atoms with Crippen molar-refractivity contribution in [2.24, 2.45) is 0 Å². The molecule has 0 spiro atoms. The van der Waals surface area contributed by atoms with E-state index in [1.54, 1.807) is 5.32 Å². The molecular formula is C23H19F8N5O3. The van der Waals surface area contributed by atoms with Crippen molar-refractivity contribution in [3.05, 3.63) is 77.0 Å². The van der Waals surface area contributed by atoms with Crippen LogP contribution in [0.25, 0.3) is 5.69 Å². The van der Waals surface area contributed by atoms with Gasteiger partial charge in [0, 0.05) is 7.05 Å². The molecule has 0 fully saturated rings. The molecule has 8 nitrogen and oxygen atoms in total. The zero-order chi connectivity index (χ0) is 29.3. The summed E-state index contributed by atoms with van der Waals surface area (Å²) in [6, 6.07) is 6.21. The maximum Gasteiger partial charge on any atom is 0.420 e. The van der Waals surface area contributed by atoms with Gasteiger partial charge >= 0.3 is 12.4 Å². The first-order chi connectivity index (χ1) is 18.0. The summed E-state index contributed by atoms with van der Waals surface area (Å²) >= 11 is 0. The van der Waals surface area contributed by atoms with Gasteiger partial charge in [-0.2, -0.15) is 31.4 Å². The molecule has 0 saturated carbocycles. The predicted octanol–water partition coefficient (Wildman–Crippen LogP) is 3.55. The van der Waals surface area contributed by atoms with E-state index in [2.05, 4.69) is 5.10 Å². The lowest BCUT2D eigenvalue weighted by Gasteiger charge is -2.34. The Balaban J connectivity index is 1.82. The largest absolute Gasteiger partial charge is 0.420 e. The summed E-state index contributed by atoms with van der Waals surface area (Å²) in [5.41, 5.74) is -1.52. The molecule has 210 valence electrons. The van der Waals surface area contributed by atoms with Gasteiger partial charge in [-0.05, 0) is 36.4 Å². The van der Waals surface area contributed by atoms with Gasteiger partial charge in [0.25, 0.3) is 11.8 Å². The Labute approximate surface area is 214 Å². The Hall–Kier alpha value is -4.21. The van der Waals surface area contributed by atoms with Crippen molar-refractivity contribution in [2.45, 2.75) is 18.0 Å². The number of likely N-dealkylation sites (N-methyl/N-ethyl adjacent to an activating group) is 1. The van der Waals surface area contributed by atoms with E-state index in [1.807, 2.05) is 0 Å². The van der Waals surface area contributed by atoms with Gasteiger partial charge in [-0.25, -0.2) is 13.5 Å². The second kappa shape index (κ2) is 10.5. The standard InChI is InChI=1S/C23H19F8N5O3/c1-35(20(38)17-15(22(26,27)28)3-2-4-16(17)25)11-21(39,23(29,30)31)10-33-19(37)14-9-34-36(18(14)32)13-7-5-12(24)6-8-13/h2-9,39H,10-11,32H2,1H3,(H,33,37). The number of nitrogens with two attached hydrogens (primary N) is 1. The number of aliphatic hydroxyl groups is 1. The molecule has 39 heavy (non-hydrogen) atoms. The molecular weight excluding hydrogens is 546 g/mol. The average molecular weight is 565 g/mol. The van der Waals surface area contributed by atoms with Crippen LogP contribution in [-0.4, -0.2) is 63.5 Å². The quantitative estimate of drug-likeness (QED) is 0.380. The van der Waals surface area contributed by atoms with Crippen LogP contribution in [0.15, 0.2) is 48.7 Å². The van der Waals surface area contributed by atoms with Gasteiger partial charge in [0.1, 0.15) is 23.0 Å². The summed E-state index contributed by atoms with van der Waals surface area (Å²) in [4.78, 5) is 25.2. The molecule has 3 aromatic rings. The minimum Gasteiger partial charge on any atom is -0.383 e. The van der Waals surface area contributed by atoms with Gasteiger partial charge in [0.05, 0.1) is 36.1 Å². The van der Waals surface area contributed by atoms with E-state index in [-0.39, 0.29) is 16.4 Å². The lowest BCUT2D eigenvalue weighted by atomic mass is 10.0. The van der Waals surface area contributed by atoms with E-state index in [9.17, 15) is 49.8 Å². The molecule has 0 aliphatic carbocycles. The van der Waals surface area contributed by atoms with Crippen LogP contribution in [0, 0.1) is 11.6 Å². The zero-order valence-electron chi connectivity index (χ0n) is 19.7. The van der Waals surface area contributed by atoms with E-state index < -0.39 is 71.2 Å². The van der Waals surface area contributed by atoms with Crippen LogP contribution < -0.4 is 11.1 Å². The molecule has 1 aromatic heterocycles. The Morgan fingerprint density at radius 1 is 1.05 bits per heavy atom. The first-order valence-corrected chi connectivity index (χ1v) is 10.7. The van der Waals surface area contributed by atoms with Crippen LogP contribution in [0.3, 0.4) is 0 Å². The van der Waals surface area contributed by atoms with Crippen molar-refractivity contribution in [2.75, 3.05) is 25.9 Å². The Bertz CT molecular complexity index is 1370. The molecule has 1 heterocycles. The topological polar surface area (TPSA) is 113 Å². The first-order valence-electron chi connectivity index (χ1n) is 10.7. The number of nitrogens with zero attached hydrogens (tertiary/aromatic N) is 3. The fraction of sp³-hybridized carbons (Fsp3) is 0.261. The Morgan fingerprint density at radius 2 is 1.67 bits per heavy atom. The first kappa shape index (κ1) is 29.3. The second-order valence-electron chi connectivity index (χ2n) is 8.37. The molecule has 1 unspecified atom stereocenters. The zero-order valence-corrected chi connectivity index (χ0v) is 19.7. The summed E-state index contributed by atoms with van der Waals surface area (Å²) in [6.07, 6.45) is -9.82. The number of hydrogen-bond acceptors (Lipinski definition) is 5. The third kappa shape index (κ3) is 6.10. The van der Waals surface area contributed by atoms with Gasteiger partial charge in [0.2, 0.25) is 0 Å². The maximum absolute atomic E-state index is 14.2. The lowest BCUT2D eigenvalue weighted by Crippen LogP contribution is -2.60. The summed E-state index contributed by atoms with van der Waals surface area (Å²) in [5, 5.41) is 16.0. The molecule has 0 bridgehead atoms. The number of halogens is 8. The van der Waals surface area contributed by atoms with Crippen LogP contribution in [0.2, 0.25) is 0 Å². The second-order valence-corrected chi connectivity index (χ2v) is 8.37. The number of nitrogen functional groups attached to an aromatic ring is 1. The third-order valence-electron chi connectivity index (χ3n) is 5.57. The van der Waals surface area contributed by atoms with Crippen molar-refractivity contribution >= 4 is 17.6 Å². The van der Waals surface area contributed by atoms with Gasteiger partial charge in [0.15, 0.2) is 5.60 Å². The number of anilines is 1. The van der Waals surface area contributed by atoms with E-state index in [4.69, 9.17) is 5.73 Å². The van der Waals surface area contributed by atoms with Crippen LogP contribution in [0.4, 0.5) is 40.9 Å². The summed E-state index contributed by atoms with van der Waals surface area (Å²) in [7, 11) is 0.623. The molecule has 0 aliphatic rings. The van der Waals surface area contributed by atoms with Crippen molar-refractivity contribution in [3.63, 3.8) is 0 Å². The smallest absolute Gasteiger partial charge is 0.383 e. The van der Waals surface area contributed by atoms with Crippen molar-refractivity contribution in [3.8, 4) is 5.69 Å². The van der Waals surface area contributed by atoms with E-state index in [0.717, 1.165) is 23.0 Å². The fourth-order valence-corrected chi connectivity index (χ4v) is 3.52. The highest BCUT2D eigenvalue weighted by atomic mass is 19.4. The third-order valence-corrected chi connectivity index (χ3v) is 5.57. The molecule has 2 amide bonds. The number of hydrogen-bond donors (Lipinski definition) is 3. The fourth-order valence-electron chi connectivity index (χ4n) is 3.52. The number of carbonyl (C=O) groups excluding carboxylic acids is 2. The summed E-state index contributed by atoms with van der Waals surface area (Å²) in [6.45, 7) is -3.25. The average Bonchev–Trinajstić information content (AvgIpc) is 3.22. The molecule has 0 radical (unpaired) electrons. The lowest BCUT2D eigenvalue weighted by molar-refractivity contribution is -0.259. The van der Waals surface area contributed by atoms with Gasteiger partial charge in [-0.15, -0.1) is 0 Å². The van der Waals surface area contributed by atoms with Gasteiger partial charge in [-0.3, -0.25) is 9.59 Å². The number of rotatable bonds is 7. The van der Waals surface area contributed by atoms with Gasteiger partial charge in [-0.1, -0.05) is 6.07 Å². The molecule has 0 saturated heterocycles. The summed E-state index contributed by atoms with van der Waals surface area (Å²) < 4.78 is 109. The monoisotopic (exact) mass is 565 g/mol. The number of carbonyl (C=O) groups is 2. The minimum atomic E-state index is -5.51. The number of benzene rings is 2. The van der Waals surface area contributed by atoms with E-state index in [0.29, 0.717) is 25.2 Å². The Morgan fingerprint density at radius 3 is 2.23 bits per heavy atom. The SMILES string of the molecule is CN(CC(O)(CNC(=O)c1cnn(-c2ccc(F)cc2)c1N)C(F)(F)F)C(=O)c1c(F)cccc1C(F)(F)F. The van der Waals surface area contributed by atoms with E-state index >= 15 is 0 Å². The highest BCUT2D eigenvalue weighted by molar-refractivity contribution is 5.98. The highest BCUT2D eigenvalue weighted by Gasteiger charge is 2.55. The van der Waals surface area contributed by atoms with Crippen molar-refractivity contribution < 1.29 is 49.8 Å². The van der Waals surface area contributed by atoms with Crippen molar-refractivity contribution in [1.29, 1.82) is 0 Å². The molecule has 1 atom stereocenters. The van der Waals surface area contributed by atoms with Crippen LogP contribution in [-0.2, 0) is 6.18 Å². The maximum atomic E-state index is 14.2. The highest BCUT2D eigenvalue weighted by Crippen LogP contribution is 2.35. The van der Waals surface area contributed by atoms with E-state index in [1.165, 1.54) is 12.1 Å². The normalized spacial score (nSPS) is 13.6. The number of nitrogens with one attached hydrogen (secondary N) is 1. The van der Waals surface area contributed by atoms with Crippen LogP contribution >= 0.6 is 0 Å². The number of alkyl halides is 6. The molecule has 16 heteroatoms. The molecule has 2 aromatic carbocycles. The minimum absolute atomic E-state index is 0.0498. The van der Waals surface area contributed by atoms with Crippen molar-refractivity contribution in [1.82, 2.24) is 20.0 Å². The molecule has 0 aliphatic heterocycles. The summed E-state index contributed by atoms with van der Waals surface area (Å²) in [5.74, 6) is -5.59. The molecule has 3 rings (SSSR count). The number of aromatic nitrogens is 2. The predicted molar refractivity (Wildman–Crippen MR) is 120 cm³/mol. The van der Waals surface area contributed by atoms with Crippen LogP contribution in [0.1, 0.15) is 26.3 Å². The Kier molecular flexibility index (Phi) is 7.91. The van der Waals surface area contributed by atoms with Gasteiger partial charge < -0.3 is 21.1 Å².